The maximum atomic E-state index is 13.4. The summed E-state index contributed by atoms with van der Waals surface area (Å²) in [5, 5.41) is 4.61. The van der Waals surface area contributed by atoms with Gasteiger partial charge in [-0.25, -0.2) is 17.9 Å². The predicted molar refractivity (Wildman–Crippen MR) is 145 cm³/mol. The Balaban J connectivity index is 2.03. The standard InChI is InChI=1S/C25H37N7O5S/c1-8-10-21-26-17(3)23-25(34)27-24(28-32(21)23)19-15-18(11-12-20(19)37-9-2)38(35,36)31(7)16-22(33)30(6)14-13-29(4)5/h11-12,15H,8-10,13-14,16H2,1-7H3,(H,27,28,34). The summed E-state index contributed by atoms with van der Waals surface area (Å²) in [6.45, 7) is 6.70. The normalized spacial score (nSPS) is 12.0. The lowest BCUT2D eigenvalue weighted by molar-refractivity contribution is -0.130. The molecule has 0 aliphatic rings. The van der Waals surface area contributed by atoms with Crippen LogP contribution in [0.4, 0.5) is 0 Å². The molecule has 0 spiro atoms. The molecule has 13 heteroatoms. The lowest BCUT2D eigenvalue weighted by Crippen LogP contribution is -2.41. The fraction of sp³-hybridized carbons (Fsp3) is 0.520. The number of aryl methyl sites for hydroxylation is 2. The number of rotatable bonds is 12. The summed E-state index contributed by atoms with van der Waals surface area (Å²) in [7, 11) is 2.76. The number of amides is 1. The second-order valence-electron chi connectivity index (χ2n) is 9.40. The van der Waals surface area contributed by atoms with E-state index < -0.39 is 10.0 Å². The van der Waals surface area contributed by atoms with E-state index in [-0.39, 0.29) is 28.7 Å². The number of nitrogens with zero attached hydrogens (tertiary/aromatic N) is 6. The Morgan fingerprint density at radius 1 is 1.13 bits per heavy atom. The second-order valence-corrected chi connectivity index (χ2v) is 11.4. The van der Waals surface area contributed by atoms with E-state index in [1.165, 1.54) is 34.7 Å². The third-order valence-electron chi connectivity index (χ3n) is 6.10. The van der Waals surface area contributed by atoms with Crippen molar-refractivity contribution in [3.63, 3.8) is 0 Å². The summed E-state index contributed by atoms with van der Waals surface area (Å²) in [5.41, 5.74) is 0.831. The Labute approximate surface area is 223 Å². The van der Waals surface area contributed by atoms with Gasteiger partial charge in [-0.2, -0.15) is 4.31 Å². The number of imidazole rings is 1. The van der Waals surface area contributed by atoms with Crippen LogP contribution in [0.1, 0.15) is 31.8 Å². The molecule has 12 nitrogen and oxygen atoms in total. The van der Waals surface area contributed by atoms with Crippen LogP contribution in [0.3, 0.4) is 0 Å². The molecule has 0 aliphatic heterocycles. The summed E-state index contributed by atoms with van der Waals surface area (Å²) in [6.07, 6.45) is 1.44. The third kappa shape index (κ3) is 6.22. The van der Waals surface area contributed by atoms with Gasteiger partial charge in [0.25, 0.3) is 5.56 Å². The minimum atomic E-state index is -4.05. The molecule has 0 aliphatic carbocycles. The molecule has 3 aromatic rings. The predicted octanol–water partition coefficient (Wildman–Crippen LogP) is 1.38. The van der Waals surface area contributed by atoms with Gasteiger partial charge in [0.2, 0.25) is 15.9 Å². The van der Waals surface area contributed by atoms with Crippen molar-refractivity contribution in [3.05, 3.63) is 40.1 Å². The molecule has 2 heterocycles. The Morgan fingerprint density at radius 3 is 2.47 bits per heavy atom. The number of likely N-dealkylation sites (N-methyl/N-ethyl adjacent to an activating group) is 3. The first kappa shape index (κ1) is 29.3. The van der Waals surface area contributed by atoms with E-state index in [1.807, 2.05) is 25.9 Å². The lowest BCUT2D eigenvalue weighted by Gasteiger charge is -2.23. The summed E-state index contributed by atoms with van der Waals surface area (Å²) in [6, 6.07) is 4.35. The van der Waals surface area contributed by atoms with Crippen molar-refractivity contribution < 1.29 is 17.9 Å². The zero-order chi connectivity index (χ0) is 28.2. The molecule has 0 radical (unpaired) electrons. The van der Waals surface area contributed by atoms with Gasteiger partial charge >= 0.3 is 0 Å². The first-order chi connectivity index (χ1) is 17.9. The Morgan fingerprint density at radius 2 is 1.84 bits per heavy atom. The van der Waals surface area contributed by atoms with E-state index in [1.54, 1.807) is 20.9 Å². The van der Waals surface area contributed by atoms with Crippen LogP contribution in [0.25, 0.3) is 16.9 Å². The number of hydrogen-bond acceptors (Lipinski definition) is 8. The van der Waals surface area contributed by atoms with E-state index in [9.17, 15) is 18.0 Å². The van der Waals surface area contributed by atoms with Crippen LogP contribution in [0.5, 0.6) is 5.75 Å². The molecule has 0 unspecified atom stereocenters. The van der Waals surface area contributed by atoms with Crippen molar-refractivity contribution in [2.24, 2.45) is 0 Å². The fourth-order valence-corrected chi connectivity index (χ4v) is 5.08. The number of H-pyrrole nitrogens is 1. The molecule has 3 rings (SSSR count). The number of aromatic amines is 1. The number of sulfonamides is 1. The van der Waals surface area contributed by atoms with Crippen LogP contribution < -0.4 is 10.3 Å². The third-order valence-corrected chi connectivity index (χ3v) is 7.90. The Hall–Kier alpha value is -3.29. The van der Waals surface area contributed by atoms with Gasteiger partial charge in [0.05, 0.1) is 29.3 Å². The first-order valence-corrected chi connectivity index (χ1v) is 13.9. The maximum absolute atomic E-state index is 13.4. The molecule has 0 atom stereocenters. The van der Waals surface area contributed by atoms with E-state index in [0.29, 0.717) is 54.5 Å². The van der Waals surface area contributed by atoms with Crippen molar-refractivity contribution >= 4 is 21.4 Å². The quantitative estimate of drug-likeness (QED) is 0.360. The number of hydrogen-bond donors (Lipinski definition) is 1. The van der Waals surface area contributed by atoms with Gasteiger partial charge in [-0.05, 0) is 52.6 Å². The molecule has 1 amide bonds. The van der Waals surface area contributed by atoms with E-state index >= 15 is 0 Å². The van der Waals surface area contributed by atoms with Gasteiger partial charge < -0.3 is 19.5 Å². The Bertz CT molecular complexity index is 1460. The highest BCUT2D eigenvalue weighted by molar-refractivity contribution is 7.89. The van der Waals surface area contributed by atoms with Crippen LogP contribution in [0.15, 0.2) is 27.9 Å². The summed E-state index contributed by atoms with van der Waals surface area (Å²) >= 11 is 0. The van der Waals surface area contributed by atoms with Gasteiger partial charge in [-0.1, -0.05) is 6.92 Å². The number of carbonyl (C=O) groups is 1. The highest BCUT2D eigenvalue weighted by atomic mass is 32.2. The molecule has 0 fully saturated rings. The van der Waals surface area contributed by atoms with Crippen LogP contribution in [0, 0.1) is 6.92 Å². The Kier molecular flexibility index (Phi) is 9.28. The number of ether oxygens (including phenoxy) is 1. The minimum absolute atomic E-state index is 0.0551. The van der Waals surface area contributed by atoms with Crippen LogP contribution >= 0.6 is 0 Å². The number of fused-ring (bicyclic) bond motifs is 1. The molecule has 0 saturated heterocycles. The second kappa shape index (κ2) is 12.0. The van der Waals surface area contributed by atoms with Gasteiger partial charge in [-0.15, -0.1) is 5.10 Å². The van der Waals surface area contributed by atoms with Gasteiger partial charge in [0, 0.05) is 33.6 Å². The largest absolute Gasteiger partial charge is 0.493 e. The summed E-state index contributed by atoms with van der Waals surface area (Å²) in [4.78, 5) is 36.3. The highest BCUT2D eigenvalue weighted by Crippen LogP contribution is 2.31. The lowest BCUT2D eigenvalue weighted by atomic mass is 10.2. The van der Waals surface area contributed by atoms with Crippen molar-refractivity contribution in [3.8, 4) is 17.1 Å². The molecule has 0 saturated carbocycles. The zero-order valence-electron chi connectivity index (χ0n) is 23.1. The van der Waals surface area contributed by atoms with Crippen molar-refractivity contribution in [2.75, 3.05) is 54.4 Å². The smallest absolute Gasteiger partial charge is 0.277 e. The molecule has 1 N–H and O–H groups in total. The monoisotopic (exact) mass is 547 g/mol. The number of benzene rings is 1. The summed E-state index contributed by atoms with van der Waals surface area (Å²) in [5.74, 6) is 0.843. The van der Waals surface area contributed by atoms with E-state index in [4.69, 9.17) is 4.74 Å². The zero-order valence-corrected chi connectivity index (χ0v) is 23.9. The van der Waals surface area contributed by atoms with Gasteiger partial charge in [0.1, 0.15) is 11.6 Å². The average molecular weight is 548 g/mol. The van der Waals surface area contributed by atoms with Crippen molar-refractivity contribution in [1.29, 1.82) is 0 Å². The fourth-order valence-electron chi connectivity index (χ4n) is 3.93. The van der Waals surface area contributed by atoms with Crippen molar-refractivity contribution in [2.45, 2.75) is 38.5 Å². The molecule has 2 aromatic heterocycles. The van der Waals surface area contributed by atoms with Gasteiger partial charge in [0.15, 0.2) is 11.3 Å². The number of aromatic nitrogens is 4. The molecular formula is C25H37N7O5S. The molecule has 1 aromatic carbocycles. The minimum Gasteiger partial charge on any atom is -0.493 e. The average Bonchev–Trinajstić information content (AvgIpc) is 3.18. The van der Waals surface area contributed by atoms with Crippen LogP contribution in [0.2, 0.25) is 0 Å². The van der Waals surface area contributed by atoms with Crippen LogP contribution in [-0.4, -0.2) is 102 Å². The number of nitrogens with one attached hydrogen (secondary N) is 1. The molecule has 38 heavy (non-hydrogen) atoms. The van der Waals surface area contributed by atoms with Crippen LogP contribution in [-0.2, 0) is 21.2 Å². The topological polar surface area (TPSA) is 133 Å². The van der Waals surface area contributed by atoms with E-state index in [2.05, 4.69) is 15.1 Å². The molecule has 208 valence electrons. The first-order valence-electron chi connectivity index (χ1n) is 12.5. The number of carbonyl (C=O) groups excluding carboxylic acids is 1. The van der Waals surface area contributed by atoms with E-state index in [0.717, 1.165) is 10.7 Å². The van der Waals surface area contributed by atoms with Crippen molar-refractivity contribution in [1.82, 2.24) is 33.7 Å². The molecular weight excluding hydrogens is 510 g/mol. The SMILES string of the molecule is CCCc1nc(C)c2c(=O)[nH]c(-c3cc(S(=O)(=O)N(C)CC(=O)N(C)CCN(C)C)ccc3OCC)nn12. The molecule has 0 bridgehead atoms. The summed E-state index contributed by atoms with van der Waals surface area (Å²) < 4.78 is 35.1. The van der Waals surface area contributed by atoms with Gasteiger partial charge in [-0.3, -0.25) is 9.59 Å². The maximum Gasteiger partial charge on any atom is 0.277 e. The highest BCUT2D eigenvalue weighted by Gasteiger charge is 2.26.